The number of nitrogens with zero attached hydrogens (tertiary/aromatic N) is 4. The molecule has 23 heavy (non-hydrogen) atoms. The molecular formula is C16H16Cl2N4O. The molecule has 0 N–H and O–H groups in total. The van der Waals surface area contributed by atoms with Gasteiger partial charge in [-0.3, -0.25) is 9.78 Å². The Morgan fingerprint density at radius 3 is 2.35 bits per heavy atom. The minimum atomic E-state index is -0.129. The Morgan fingerprint density at radius 2 is 1.74 bits per heavy atom. The van der Waals surface area contributed by atoms with Crippen LogP contribution in [0.5, 0.6) is 0 Å². The van der Waals surface area contributed by atoms with Crippen molar-refractivity contribution < 1.29 is 4.79 Å². The van der Waals surface area contributed by atoms with Crippen LogP contribution in [0.15, 0.2) is 30.6 Å². The molecule has 1 aliphatic heterocycles. The molecule has 1 aromatic heterocycles. The zero-order valence-corrected chi connectivity index (χ0v) is 14.2. The molecular weight excluding hydrogens is 335 g/mol. The van der Waals surface area contributed by atoms with Crippen LogP contribution in [-0.4, -0.2) is 47.0 Å². The number of carbonyl (C=O) groups is 1. The van der Waals surface area contributed by atoms with Crippen LogP contribution in [0.1, 0.15) is 16.1 Å². The standard InChI is InChI=1S/C16H16Cl2N4O/c1-11-9-19-10-14(20-11)21-5-7-22(8-6-21)16(23)15-12(17)3-2-4-13(15)18/h2-4,9-10H,5-8H2,1H3. The highest BCUT2D eigenvalue weighted by atomic mass is 35.5. The number of hydrogen-bond donors (Lipinski definition) is 0. The molecule has 5 nitrogen and oxygen atoms in total. The first-order chi connectivity index (χ1) is 11.1. The predicted octanol–water partition coefficient (Wildman–Crippen LogP) is 3.05. The lowest BCUT2D eigenvalue weighted by Gasteiger charge is -2.35. The number of aromatic nitrogens is 2. The van der Waals surface area contributed by atoms with Gasteiger partial charge in [0.05, 0.1) is 27.5 Å². The van der Waals surface area contributed by atoms with E-state index in [0.29, 0.717) is 41.8 Å². The second-order valence-electron chi connectivity index (χ2n) is 5.39. The largest absolute Gasteiger partial charge is 0.352 e. The number of benzene rings is 1. The summed E-state index contributed by atoms with van der Waals surface area (Å²) in [7, 11) is 0. The summed E-state index contributed by atoms with van der Waals surface area (Å²) in [4.78, 5) is 25.2. The van der Waals surface area contributed by atoms with E-state index in [9.17, 15) is 4.79 Å². The summed E-state index contributed by atoms with van der Waals surface area (Å²) in [5, 5.41) is 0.768. The SMILES string of the molecule is Cc1cncc(N2CCN(C(=O)c3c(Cl)cccc3Cl)CC2)n1. The van der Waals surface area contributed by atoms with E-state index in [1.165, 1.54) is 0 Å². The van der Waals surface area contributed by atoms with Crippen molar-refractivity contribution in [2.24, 2.45) is 0 Å². The van der Waals surface area contributed by atoms with Crippen molar-refractivity contribution in [2.75, 3.05) is 31.1 Å². The van der Waals surface area contributed by atoms with E-state index in [4.69, 9.17) is 23.2 Å². The number of piperazine rings is 1. The summed E-state index contributed by atoms with van der Waals surface area (Å²) < 4.78 is 0. The van der Waals surface area contributed by atoms with E-state index >= 15 is 0 Å². The van der Waals surface area contributed by atoms with E-state index in [-0.39, 0.29) is 5.91 Å². The monoisotopic (exact) mass is 350 g/mol. The summed E-state index contributed by atoms with van der Waals surface area (Å²) >= 11 is 12.2. The molecule has 2 heterocycles. The van der Waals surface area contributed by atoms with Crippen LogP contribution in [0.3, 0.4) is 0 Å². The highest BCUT2D eigenvalue weighted by Crippen LogP contribution is 2.26. The lowest BCUT2D eigenvalue weighted by molar-refractivity contribution is 0.0747. The zero-order chi connectivity index (χ0) is 16.4. The summed E-state index contributed by atoms with van der Waals surface area (Å²) in [6.45, 7) is 4.50. The van der Waals surface area contributed by atoms with Crippen molar-refractivity contribution in [3.8, 4) is 0 Å². The molecule has 1 saturated heterocycles. The van der Waals surface area contributed by atoms with Gasteiger partial charge in [0.2, 0.25) is 0 Å². The zero-order valence-electron chi connectivity index (χ0n) is 12.7. The second kappa shape index (κ2) is 6.72. The van der Waals surface area contributed by atoms with E-state index in [1.807, 2.05) is 6.92 Å². The average Bonchev–Trinajstić information content (AvgIpc) is 2.55. The van der Waals surface area contributed by atoms with E-state index < -0.39 is 0 Å². The first-order valence-electron chi connectivity index (χ1n) is 7.33. The lowest BCUT2D eigenvalue weighted by atomic mass is 10.1. The average molecular weight is 351 g/mol. The molecule has 1 amide bonds. The van der Waals surface area contributed by atoms with Gasteiger partial charge in [0.15, 0.2) is 0 Å². The van der Waals surface area contributed by atoms with Gasteiger partial charge in [0, 0.05) is 32.4 Å². The third-order valence-electron chi connectivity index (χ3n) is 3.81. The summed E-state index contributed by atoms with van der Waals surface area (Å²) in [5.41, 5.74) is 1.25. The molecule has 0 spiro atoms. The molecule has 0 bridgehead atoms. The van der Waals surface area contributed by atoms with Gasteiger partial charge in [-0.2, -0.15) is 0 Å². The quantitative estimate of drug-likeness (QED) is 0.835. The van der Waals surface area contributed by atoms with Crippen LogP contribution in [0.2, 0.25) is 10.0 Å². The van der Waals surface area contributed by atoms with Crippen molar-refractivity contribution in [1.82, 2.24) is 14.9 Å². The highest BCUT2D eigenvalue weighted by Gasteiger charge is 2.25. The fraction of sp³-hybridized carbons (Fsp3) is 0.312. The van der Waals surface area contributed by atoms with Gasteiger partial charge in [-0.25, -0.2) is 4.98 Å². The number of anilines is 1. The Bertz CT molecular complexity index is 710. The normalized spacial score (nSPS) is 14.9. The van der Waals surface area contributed by atoms with Gasteiger partial charge in [-0.05, 0) is 19.1 Å². The molecule has 2 aromatic rings. The molecule has 0 atom stereocenters. The minimum absolute atomic E-state index is 0.129. The summed E-state index contributed by atoms with van der Waals surface area (Å²) in [5.74, 6) is 0.712. The van der Waals surface area contributed by atoms with Crippen LogP contribution in [0.25, 0.3) is 0 Å². The topological polar surface area (TPSA) is 49.3 Å². The number of hydrogen-bond acceptors (Lipinski definition) is 4. The third kappa shape index (κ3) is 3.41. The third-order valence-corrected chi connectivity index (χ3v) is 4.44. The van der Waals surface area contributed by atoms with Crippen molar-refractivity contribution in [1.29, 1.82) is 0 Å². The van der Waals surface area contributed by atoms with Gasteiger partial charge >= 0.3 is 0 Å². The van der Waals surface area contributed by atoms with Gasteiger partial charge in [0.25, 0.3) is 5.91 Å². The van der Waals surface area contributed by atoms with Gasteiger partial charge in [-0.15, -0.1) is 0 Å². The number of carbonyl (C=O) groups excluding carboxylic acids is 1. The first kappa shape index (κ1) is 16.0. The second-order valence-corrected chi connectivity index (χ2v) is 6.21. The van der Waals surface area contributed by atoms with Crippen LogP contribution >= 0.6 is 23.2 Å². The Balaban J connectivity index is 1.70. The van der Waals surface area contributed by atoms with Crippen LogP contribution in [0, 0.1) is 6.92 Å². The lowest BCUT2D eigenvalue weighted by Crippen LogP contribution is -2.49. The maximum Gasteiger partial charge on any atom is 0.257 e. The molecule has 0 aliphatic carbocycles. The fourth-order valence-corrected chi connectivity index (χ4v) is 3.16. The molecule has 120 valence electrons. The van der Waals surface area contributed by atoms with Crippen LogP contribution in [0.4, 0.5) is 5.82 Å². The van der Waals surface area contributed by atoms with Crippen molar-refractivity contribution in [3.63, 3.8) is 0 Å². The number of halogens is 2. The Hall–Kier alpha value is -1.85. The van der Waals surface area contributed by atoms with Gasteiger partial charge < -0.3 is 9.80 Å². The van der Waals surface area contributed by atoms with Crippen molar-refractivity contribution in [2.45, 2.75) is 6.92 Å². The van der Waals surface area contributed by atoms with Gasteiger partial charge in [0.1, 0.15) is 5.82 Å². The van der Waals surface area contributed by atoms with Crippen molar-refractivity contribution in [3.05, 3.63) is 51.9 Å². The van der Waals surface area contributed by atoms with Crippen LogP contribution < -0.4 is 4.90 Å². The maximum absolute atomic E-state index is 12.6. The van der Waals surface area contributed by atoms with E-state index in [2.05, 4.69) is 14.9 Å². The maximum atomic E-state index is 12.6. The Labute approximate surface area is 144 Å². The predicted molar refractivity (Wildman–Crippen MR) is 91.3 cm³/mol. The fourth-order valence-electron chi connectivity index (χ4n) is 2.60. The smallest absolute Gasteiger partial charge is 0.257 e. The number of aryl methyl sites for hydroxylation is 1. The molecule has 0 unspecified atom stereocenters. The molecule has 1 fully saturated rings. The van der Waals surface area contributed by atoms with Crippen molar-refractivity contribution >= 4 is 34.9 Å². The summed E-state index contributed by atoms with van der Waals surface area (Å²) in [6, 6.07) is 5.09. The molecule has 0 radical (unpaired) electrons. The van der Waals surface area contributed by atoms with Gasteiger partial charge in [-0.1, -0.05) is 29.3 Å². The number of rotatable bonds is 2. The van der Waals surface area contributed by atoms with E-state index in [1.54, 1.807) is 35.5 Å². The minimum Gasteiger partial charge on any atom is -0.352 e. The Morgan fingerprint density at radius 1 is 1.09 bits per heavy atom. The number of amides is 1. The van der Waals surface area contributed by atoms with E-state index in [0.717, 1.165) is 11.5 Å². The highest BCUT2D eigenvalue weighted by molar-refractivity contribution is 6.39. The molecule has 1 aliphatic rings. The first-order valence-corrected chi connectivity index (χ1v) is 8.09. The van der Waals surface area contributed by atoms with Crippen LogP contribution in [-0.2, 0) is 0 Å². The Kier molecular flexibility index (Phi) is 4.68. The summed E-state index contributed by atoms with van der Waals surface area (Å²) in [6.07, 6.45) is 3.47. The molecule has 0 saturated carbocycles. The molecule has 3 rings (SSSR count). The molecule has 1 aromatic carbocycles. The molecule has 7 heteroatoms.